The molecule has 0 bridgehead atoms. The fourth-order valence-electron chi connectivity index (χ4n) is 0.352. The summed E-state index contributed by atoms with van der Waals surface area (Å²) < 4.78 is 2.85. The first-order valence-electron chi connectivity index (χ1n) is 1.95. The monoisotopic (exact) mass is 115 g/mol. The van der Waals surface area contributed by atoms with Crippen molar-refractivity contribution >= 4 is 18.2 Å². The van der Waals surface area contributed by atoms with Gasteiger partial charge in [0.05, 0.1) is 0 Å². The van der Waals surface area contributed by atoms with Crippen LogP contribution in [0.3, 0.4) is 0 Å². The molecule has 0 aromatic carbocycles. The first-order valence-corrected chi connectivity index (χ1v) is 2.93. The maximum Gasteiger partial charge on any atom is 0.148 e. The molecule has 1 aliphatic rings. The molecule has 1 aliphatic heterocycles. The molecule has 1 rings (SSSR count). The summed E-state index contributed by atoms with van der Waals surface area (Å²) >= 11 is 1.53. The summed E-state index contributed by atoms with van der Waals surface area (Å²) in [4.78, 5) is 9.89. The average Bonchev–Trinajstić information content (AvgIpc) is 2.14. The van der Waals surface area contributed by atoms with E-state index in [0.717, 1.165) is 17.6 Å². The molecular formula is C4H5NOS. The van der Waals surface area contributed by atoms with E-state index in [1.165, 1.54) is 11.9 Å². The van der Waals surface area contributed by atoms with E-state index in [1.807, 2.05) is 0 Å². The number of hydrogen-bond donors (Lipinski definition) is 1. The number of carbonyl (C=O) groups is 1. The van der Waals surface area contributed by atoms with Gasteiger partial charge in [0.15, 0.2) is 0 Å². The molecule has 2 nitrogen and oxygen atoms in total. The van der Waals surface area contributed by atoms with Gasteiger partial charge in [-0.25, -0.2) is 0 Å². The second-order valence-electron chi connectivity index (χ2n) is 1.24. The highest BCUT2D eigenvalue weighted by atomic mass is 32.2. The standard InChI is InChI=1S/C4H5NOS/c6-2-4-1-5-7-3-4/h1-2,5H,3H2. The van der Waals surface area contributed by atoms with Gasteiger partial charge >= 0.3 is 0 Å². The van der Waals surface area contributed by atoms with Crippen molar-refractivity contribution in [2.75, 3.05) is 5.75 Å². The maximum atomic E-state index is 9.89. The van der Waals surface area contributed by atoms with Crippen molar-refractivity contribution in [3.63, 3.8) is 0 Å². The van der Waals surface area contributed by atoms with E-state index >= 15 is 0 Å². The van der Waals surface area contributed by atoms with Crippen LogP contribution in [0.25, 0.3) is 0 Å². The smallest absolute Gasteiger partial charge is 0.148 e. The first-order chi connectivity index (χ1) is 3.43. The van der Waals surface area contributed by atoms with Gasteiger partial charge in [-0.2, -0.15) is 0 Å². The largest absolute Gasteiger partial charge is 0.336 e. The van der Waals surface area contributed by atoms with Crippen LogP contribution in [0.1, 0.15) is 0 Å². The van der Waals surface area contributed by atoms with Crippen LogP contribution >= 0.6 is 11.9 Å². The summed E-state index contributed by atoms with van der Waals surface area (Å²) in [7, 11) is 0. The van der Waals surface area contributed by atoms with Crippen LogP contribution in [-0.4, -0.2) is 12.0 Å². The fourth-order valence-corrected chi connectivity index (χ4v) is 0.988. The quantitative estimate of drug-likeness (QED) is 0.394. The molecule has 0 aromatic heterocycles. The summed E-state index contributed by atoms with van der Waals surface area (Å²) in [6.07, 6.45) is 2.59. The van der Waals surface area contributed by atoms with Gasteiger partial charge < -0.3 is 4.72 Å². The Balaban J connectivity index is 2.51. The molecule has 7 heavy (non-hydrogen) atoms. The van der Waals surface area contributed by atoms with Crippen molar-refractivity contribution in [2.24, 2.45) is 0 Å². The number of carbonyl (C=O) groups excluding carboxylic acids is 1. The van der Waals surface area contributed by atoms with E-state index in [9.17, 15) is 4.79 Å². The van der Waals surface area contributed by atoms with Gasteiger partial charge in [0.1, 0.15) is 6.29 Å². The second-order valence-corrected chi connectivity index (χ2v) is 2.06. The van der Waals surface area contributed by atoms with E-state index in [4.69, 9.17) is 0 Å². The molecule has 0 saturated heterocycles. The maximum absolute atomic E-state index is 9.89. The highest BCUT2D eigenvalue weighted by Crippen LogP contribution is 2.07. The Morgan fingerprint density at radius 2 is 2.86 bits per heavy atom. The Morgan fingerprint density at radius 3 is 3.14 bits per heavy atom. The Bertz CT molecular complexity index is 110. The predicted octanol–water partition coefficient (Wildman–Crippen LogP) is 0.321. The molecule has 1 heterocycles. The Hall–Kier alpha value is -0.440. The van der Waals surface area contributed by atoms with Crippen LogP contribution in [0.4, 0.5) is 0 Å². The highest BCUT2D eigenvalue weighted by molar-refractivity contribution is 7.97. The third kappa shape index (κ3) is 0.962. The molecule has 0 saturated carbocycles. The van der Waals surface area contributed by atoms with Gasteiger partial charge in [0.25, 0.3) is 0 Å². The number of nitrogens with one attached hydrogen (secondary N) is 1. The zero-order chi connectivity index (χ0) is 5.11. The van der Waals surface area contributed by atoms with E-state index in [-0.39, 0.29) is 0 Å². The zero-order valence-electron chi connectivity index (χ0n) is 3.68. The summed E-state index contributed by atoms with van der Waals surface area (Å²) in [5.41, 5.74) is 0.838. The number of aldehydes is 1. The summed E-state index contributed by atoms with van der Waals surface area (Å²) in [6.45, 7) is 0. The van der Waals surface area contributed by atoms with Gasteiger partial charge in [-0.1, -0.05) is 0 Å². The van der Waals surface area contributed by atoms with Crippen LogP contribution in [0.2, 0.25) is 0 Å². The number of hydrogen-bond acceptors (Lipinski definition) is 3. The molecular weight excluding hydrogens is 110 g/mol. The minimum atomic E-state index is 0.809. The van der Waals surface area contributed by atoms with Crippen molar-refractivity contribution < 1.29 is 4.79 Å². The van der Waals surface area contributed by atoms with Crippen molar-refractivity contribution in [3.05, 3.63) is 11.8 Å². The molecule has 0 spiro atoms. The molecule has 3 heteroatoms. The first kappa shape index (κ1) is 4.71. The fraction of sp³-hybridized carbons (Fsp3) is 0.250. The molecule has 38 valence electrons. The lowest BCUT2D eigenvalue weighted by atomic mass is 10.4. The zero-order valence-corrected chi connectivity index (χ0v) is 4.49. The van der Waals surface area contributed by atoms with Crippen LogP contribution in [0.15, 0.2) is 11.8 Å². The lowest BCUT2D eigenvalue weighted by Crippen LogP contribution is -1.79. The van der Waals surface area contributed by atoms with Crippen LogP contribution in [-0.2, 0) is 4.79 Å². The minimum absolute atomic E-state index is 0.809. The second kappa shape index (κ2) is 2.02. The van der Waals surface area contributed by atoms with E-state index in [0.29, 0.717) is 0 Å². The van der Waals surface area contributed by atoms with Crippen molar-refractivity contribution in [1.82, 2.24) is 4.72 Å². The van der Waals surface area contributed by atoms with Gasteiger partial charge in [-0.05, 0) is 11.9 Å². The topological polar surface area (TPSA) is 29.1 Å². The average molecular weight is 115 g/mol. The lowest BCUT2D eigenvalue weighted by Gasteiger charge is -1.78. The Labute approximate surface area is 46.1 Å². The highest BCUT2D eigenvalue weighted by Gasteiger charge is 1.99. The van der Waals surface area contributed by atoms with E-state index in [1.54, 1.807) is 6.20 Å². The van der Waals surface area contributed by atoms with Crippen molar-refractivity contribution in [2.45, 2.75) is 0 Å². The summed E-state index contributed by atoms with van der Waals surface area (Å²) in [6, 6.07) is 0. The SMILES string of the molecule is O=CC1=CNSC1. The minimum Gasteiger partial charge on any atom is -0.336 e. The van der Waals surface area contributed by atoms with Gasteiger partial charge in [-0.3, -0.25) is 4.79 Å². The molecule has 0 aliphatic carbocycles. The normalized spacial score (nSPS) is 18.0. The van der Waals surface area contributed by atoms with Gasteiger partial charge in [-0.15, -0.1) is 0 Å². The third-order valence-corrected chi connectivity index (χ3v) is 1.48. The molecule has 0 fully saturated rings. The van der Waals surface area contributed by atoms with Crippen molar-refractivity contribution in [1.29, 1.82) is 0 Å². The van der Waals surface area contributed by atoms with E-state index in [2.05, 4.69) is 4.72 Å². The summed E-state index contributed by atoms with van der Waals surface area (Å²) in [5, 5.41) is 0. The molecule has 1 N–H and O–H groups in total. The lowest BCUT2D eigenvalue weighted by molar-refractivity contribution is -0.104. The van der Waals surface area contributed by atoms with Crippen LogP contribution < -0.4 is 4.72 Å². The van der Waals surface area contributed by atoms with Crippen molar-refractivity contribution in [3.8, 4) is 0 Å². The van der Waals surface area contributed by atoms with Crippen LogP contribution in [0.5, 0.6) is 0 Å². The molecule has 0 unspecified atom stereocenters. The third-order valence-electron chi connectivity index (χ3n) is 0.718. The molecule has 0 radical (unpaired) electrons. The molecule has 0 amide bonds. The molecule has 0 aromatic rings. The van der Waals surface area contributed by atoms with Crippen LogP contribution in [0, 0.1) is 0 Å². The van der Waals surface area contributed by atoms with Gasteiger partial charge in [0, 0.05) is 17.5 Å². The van der Waals surface area contributed by atoms with E-state index < -0.39 is 0 Å². The predicted molar refractivity (Wildman–Crippen MR) is 29.7 cm³/mol. The summed E-state index contributed by atoms with van der Waals surface area (Å²) in [5.74, 6) is 0.809. The Kier molecular flexibility index (Phi) is 1.36. The molecule has 0 atom stereocenters. The van der Waals surface area contributed by atoms with Gasteiger partial charge in [0.2, 0.25) is 0 Å². The number of rotatable bonds is 1. The Morgan fingerprint density at radius 1 is 2.00 bits per heavy atom.